The Bertz CT molecular complexity index is 239. The van der Waals surface area contributed by atoms with Gasteiger partial charge in [0.25, 0.3) is 0 Å². The summed E-state index contributed by atoms with van der Waals surface area (Å²) in [5.41, 5.74) is 0. The van der Waals surface area contributed by atoms with Crippen LogP contribution in [0.15, 0.2) is 12.7 Å². The molecule has 0 aromatic rings. The minimum Gasteiger partial charge on any atom is -0.480 e. The first kappa shape index (κ1) is 13.5. The number of carbonyl (C=O) groups excluding carboxylic acids is 1. The maximum Gasteiger partial charge on any atom is 0.323 e. The highest BCUT2D eigenvalue weighted by Gasteiger charge is 2.14. The smallest absolute Gasteiger partial charge is 0.323 e. The zero-order chi connectivity index (χ0) is 11.8. The molecule has 0 saturated heterocycles. The van der Waals surface area contributed by atoms with E-state index < -0.39 is 5.97 Å². The Morgan fingerprint density at radius 1 is 1.53 bits per heavy atom. The molecule has 0 aliphatic carbocycles. The van der Waals surface area contributed by atoms with Gasteiger partial charge in [-0.25, -0.2) is 4.79 Å². The lowest BCUT2D eigenvalue weighted by molar-refractivity contribution is -0.137. The molecular formula is C10H18N2O3. The van der Waals surface area contributed by atoms with Gasteiger partial charge in [0.2, 0.25) is 0 Å². The lowest BCUT2D eigenvalue weighted by Gasteiger charge is -2.20. The van der Waals surface area contributed by atoms with Gasteiger partial charge in [-0.2, -0.15) is 0 Å². The van der Waals surface area contributed by atoms with E-state index in [-0.39, 0.29) is 19.1 Å². The fourth-order valence-electron chi connectivity index (χ4n) is 0.942. The molecule has 2 amide bonds. The largest absolute Gasteiger partial charge is 0.480 e. The summed E-state index contributed by atoms with van der Waals surface area (Å²) < 4.78 is 0. The lowest BCUT2D eigenvalue weighted by Crippen LogP contribution is -2.43. The van der Waals surface area contributed by atoms with Gasteiger partial charge < -0.3 is 15.3 Å². The summed E-state index contributed by atoms with van der Waals surface area (Å²) in [6.07, 6.45) is 1.50. The fourth-order valence-corrected chi connectivity index (χ4v) is 0.942. The molecule has 0 rings (SSSR count). The topological polar surface area (TPSA) is 69.6 Å². The van der Waals surface area contributed by atoms with E-state index in [0.717, 1.165) is 0 Å². The second kappa shape index (κ2) is 6.86. The van der Waals surface area contributed by atoms with Crippen molar-refractivity contribution in [3.05, 3.63) is 12.7 Å². The van der Waals surface area contributed by atoms with Crippen LogP contribution in [0.5, 0.6) is 0 Å². The molecule has 0 heterocycles. The highest BCUT2D eigenvalue weighted by Crippen LogP contribution is 1.93. The Labute approximate surface area is 89.8 Å². The molecule has 0 fully saturated rings. The molecule has 0 spiro atoms. The van der Waals surface area contributed by atoms with Crippen LogP contribution >= 0.6 is 0 Å². The molecule has 0 aliphatic heterocycles. The number of nitrogens with one attached hydrogen (secondary N) is 1. The molecule has 0 atom stereocenters. The van der Waals surface area contributed by atoms with Crippen molar-refractivity contribution in [3.63, 3.8) is 0 Å². The Morgan fingerprint density at radius 3 is 2.53 bits per heavy atom. The van der Waals surface area contributed by atoms with Crippen molar-refractivity contribution < 1.29 is 14.7 Å². The number of carboxylic acids is 1. The van der Waals surface area contributed by atoms with Gasteiger partial charge in [-0.3, -0.25) is 4.79 Å². The molecule has 0 bridgehead atoms. The van der Waals surface area contributed by atoms with Gasteiger partial charge in [0, 0.05) is 13.1 Å². The number of rotatable bonds is 6. The van der Waals surface area contributed by atoms with Gasteiger partial charge in [0.05, 0.1) is 0 Å². The van der Waals surface area contributed by atoms with Crippen molar-refractivity contribution in [1.29, 1.82) is 0 Å². The molecule has 0 saturated carbocycles. The van der Waals surface area contributed by atoms with Crippen molar-refractivity contribution in [2.45, 2.75) is 13.8 Å². The van der Waals surface area contributed by atoms with Crippen molar-refractivity contribution in [2.75, 3.05) is 19.6 Å². The van der Waals surface area contributed by atoms with Crippen molar-refractivity contribution in [3.8, 4) is 0 Å². The van der Waals surface area contributed by atoms with Crippen LogP contribution in [0.1, 0.15) is 13.8 Å². The van der Waals surface area contributed by atoms with Crippen molar-refractivity contribution in [1.82, 2.24) is 10.2 Å². The summed E-state index contributed by atoms with van der Waals surface area (Å²) in [5, 5.41) is 11.2. The number of carbonyl (C=O) groups is 2. The Hall–Kier alpha value is -1.52. The number of amides is 2. The number of nitrogens with zero attached hydrogens (tertiary/aromatic N) is 1. The summed E-state index contributed by atoms with van der Waals surface area (Å²) >= 11 is 0. The Morgan fingerprint density at radius 2 is 2.13 bits per heavy atom. The average molecular weight is 214 g/mol. The second-order valence-corrected chi connectivity index (χ2v) is 3.64. The molecule has 2 N–H and O–H groups in total. The predicted octanol–water partition coefficient (Wildman–Crippen LogP) is 0.925. The van der Waals surface area contributed by atoms with Crippen LogP contribution in [0, 0.1) is 5.92 Å². The second-order valence-electron chi connectivity index (χ2n) is 3.64. The predicted molar refractivity (Wildman–Crippen MR) is 57.6 cm³/mol. The summed E-state index contributed by atoms with van der Waals surface area (Å²) in [6, 6.07) is -0.369. The highest BCUT2D eigenvalue weighted by atomic mass is 16.4. The zero-order valence-electron chi connectivity index (χ0n) is 9.19. The van der Waals surface area contributed by atoms with Gasteiger partial charge in [-0.15, -0.1) is 6.58 Å². The molecule has 5 nitrogen and oxygen atoms in total. The first-order chi connectivity index (χ1) is 6.97. The van der Waals surface area contributed by atoms with E-state index in [4.69, 9.17) is 5.11 Å². The fraction of sp³-hybridized carbons (Fsp3) is 0.600. The van der Waals surface area contributed by atoms with Crippen molar-refractivity contribution in [2.24, 2.45) is 5.92 Å². The van der Waals surface area contributed by atoms with Crippen LogP contribution in [0.4, 0.5) is 4.79 Å². The summed E-state index contributed by atoms with van der Waals surface area (Å²) in [5.74, 6) is -0.694. The van der Waals surface area contributed by atoms with E-state index in [1.165, 1.54) is 11.0 Å². The third-order valence-corrected chi connectivity index (χ3v) is 1.62. The van der Waals surface area contributed by atoms with Gasteiger partial charge in [0.15, 0.2) is 0 Å². The summed E-state index contributed by atoms with van der Waals surface area (Å²) in [7, 11) is 0. The molecule has 0 aromatic carbocycles. The van der Waals surface area contributed by atoms with Gasteiger partial charge in [-0.1, -0.05) is 19.9 Å². The molecule has 0 aromatic heterocycles. The third kappa shape index (κ3) is 6.54. The van der Waals surface area contributed by atoms with E-state index >= 15 is 0 Å². The van der Waals surface area contributed by atoms with E-state index in [2.05, 4.69) is 11.9 Å². The molecule has 0 radical (unpaired) electrons. The summed E-state index contributed by atoms with van der Waals surface area (Å²) in [4.78, 5) is 23.1. The molecule has 15 heavy (non-hydrogen) atoms. The maximum atomic E-state index is 11.5. The van der Waals surface area contributed by atoms with Crippen LogP contribution < -0.4 is 5.32 Å². The standard InChI is InChI=1S/C10H18N2O3/c1-4-5-12(7-9(13)14)10(15)11-6-8(2)3/h4,8H,1,5-7H2,2-3H3,(H,11,15)(H,13,14). The first-order valence-corrected chi connectivity index (χ1v) is 4.82. The molecular weight excluding hydrogens is 196 g/mol. The minimum atomic E-state index is -1.03. The molecule has 0 aliphatic rings. The maximum absolute atomic E-state index is 11.5. The number of hydrogen-bond donors (Lipinski definition) is 2. The van der Waals surface area contributed by atoms with E-state index in [1.54, 1.807) is 0 Å². The third-order valence-electron chi connectivity index (χ3n) is 1.62. The Kier molecular flexibility index (Phi) is 6.17. The molecule has 86 valence electrons. The van der Waals surface area contributed by atoms with Gasteiger partial charge >= 0.3 is 12.0 Å². The van der Waals surface area contributed by atoms with Crippen LogP contribution in [-0.2, 0) is 4.79 Å². The monoisotopic (exact) mass is 214 g/mol. The average Bonchev–Trinajstić information content (AvgIpc) is 2.12. The van der Waals surface area contributed by atoms with Crippen LogP contribution in [-0.4, -0.2) is 41.6 Å². The Balaban J connectivity index is 4.15. The van der Waals surface area contributed by atoms with E-state index in [9.17, 15) is 9.59 Å². The van der Waals surface area contributed by atoms with E-state index in [0.29, 0.717) is 12.5 Å². The highest BCUT2D eigenvalue weighted by molar-refractivity contribution is 5.80. The SMILES string of the molecule is C=CCN(CC(=O)O)C(=O)NCC(C)C. The van der Waals surface area contributed by atoms with Crippen LogP contribution in [0.2, 0.25) is 0 Å². The first-order valence-electron chi connectivity index (χ1n) is 4.82. The number of aliphatic carboxylic acids is 1. The van der Waals surface area contributed by atoms with Gasteiger partial charge in [-0.05, 0) is 5.92 Å². The van der Waals surface area contributed by atoms with Gasteiger partial charge in [0.1, 0.15) is 6.54 Å². The molecule has 0 unspecified atom stereocenters. The van der Waals surface area contributed by atoms with Crippen molar-refractivity contribution >= 4 is 12.0 Å². The van der Waals surface area contributed by atoms with Crippen LogP contribution in [0.3, 0.4) is 0 Å². The van der Waals surface area contributed by atoms with Crippen LogP contribution in [0.25, 0.3) is 0 Å². The number of hydrogen-bond acceptors (Lipinski definition) is 2. The zero-order valence-corrected chi connectivity index (χ0v) is 9.19. The number of carboxylic acid groups (broad SMARTS) is 1. The quantitative estimate of drug-likeness (QED) is 0.646. The lowest BCUT2D eigenvalue weighted by atomic mass is 10.2. The number of urea groups is 1. The normalized spacial score (nSPS) is 9.80. The summed E-state index contributed by atoms with van der Waals surface area (Å²) in [6.45, 7) is 7.86. The van der Waals surface area contributed by atoms with E-state index in [1.807, 2.05) is 13.8 Å². The molecule has 5 heteroatoms. The minimum absolute atomic E-state index is 0.232.